The Labute approximate surface area is 126 Å². The predicted molar refractivity (Wildman–Crippen MR) is 80.6 cm³/mol. The average molecular weight is 313 g/mol. The minimum Gasteiger partial charge on any atom is -0.279 e. The van der Waals surface area contributed by atoms with E-state index >= 15 is 0 Å². The number of aryl methyl sites for hydroxylation is 1. The highest BCUT2D eigenvalue weighted by Crippen LogP contribution is 2.25. The largest absolute Gasteiger partial charge is 0.279 e. The van der Waals surface area contributed by atoms with Crippen LogP contribution < -0.4 is 4.72 Å². The SMILES string of the molecule is Cc1[nH]nc(NS(=O)(=O)c2cccc3cnccc23)c1C#N. The van der Waals surface area contributed by atoms with E-state index in [2.05, 4.69) is 19.9 Å². The Kier molecular flexibility index (Phi) is 3.27. The van der Waals surface area contributed by atoms with E-state index in [1.807, 2.05) is 6.07 Å². The second-order valence-corrected chi connectivity index (χ2v) is 6.29. The maximum absolute atomic E-state index is 12.6. The third-order valence-corrected chi connectivity index (χ3v) is 4.62. The maximum Gasteiger partial charge on any atom is 0.263 e. The van der Waals surface area contributed by atoms with Crippen LogP contribution >= 0.6 is 0 Å². The maximum atomic E-state index is 12.6. The van der Waals surface area contributed by atoms with Crippen LogP contribution in [-0.2, 0) is 10.0 Å². The molecule has 0 unspecified atom stereocenters. The van der Waals surface area contributed by atoms with E-state index in [4.69, 9.17) is 5.26 Å². The summed E-state index contributed by atoms with van der Waals surface area (Å²) in [6.45, 7) is 1.65. The molecule has 2 heterocycles. The molecule has 2 N–H and O–H groups in total. The van der Waals surface area contributed by atoms with Crippen molar-refractivity contribution in [3.05, 3.63) is 47.9 Å². The lowest BCUT2D eigenvalue weighted by Gasteiger charge is -2.08. The van der Waals surface area contributed by atoms with Crippen molar-refractivity contribution in [1.29, 1.82) is 5.26 Å². The van der Waals surface area contributed by atoms with E-state index in [1.165, 1.54) is 12.3 Å². The van der Waals surface area contributed by atoms with E-state index < -0.39 is 10.0 Å². The summed E-state index contributed by atoms with van der Waals surface area (Å²) >= 11 is 0. The Hall–Kier alpha value is -2.92. The standard InChI is InChI=1S/C14H11N5O2S/c1-9-12(7-15)14(18-17-9)19-22(20,21)13-4-2-3-10-8-16-6-5-11(10)13/h2-6,8H,1H3,(H2,17,18,19). The number of rotatable bonds is 3. The molecule has 0 amide bonds. The van der Waals surface area contributed by atoms with Gasteiger partial charge in [-0.3, -0.25) is 14.8 Å². The molecule has 0 spiro atoms. The number of nitrogens with zero attached hydrogens (tertiary/aromatic N) is 3. The first-order valence-corrected chi connectivity index (χ1v) is 7.82. The molecule has 0 bridgehead atoms. The van der Waals surface area contributed by atoms with Gasteiger partial charge in [-0.15, -0.1) is 0 Å². The molecule has 22 heavy (non-hydrogen) atoms. The van der Waals surface area contributed by atoms with Gasteiger partial charge in [0.25, 0.3) is 10.0 Å². The van der Waals surface area contributed by atoms with Crippen molar-refractivity contribution in [2.75, 3.05) is 4.72 Å². The van der Waals surface area contributed by atoms with Crippen molar-refractivity contribution in [3.63, 3.8) is 0 Å². The summed E-state index contributed by atoms with van der Waals surface area (Å²) in [6, 6.07) is 8.47. The van der Waals surface area contributed by atoms with Crippen LogP contribution in [0.1, 0.15) is 11.3 Å². The second-order valence-electron chi connectivity index (χ2n) is 4.64. The van der Waals surface area contributed by atoms with Gasteiger partial charge in [0, 0.05) is 23.2 Å². The molecule has 3 rings (SSSR count). The first-order chi connectivity index (χ1) is 10.5. The number of aromatic nitrogens is 3. The normalized spacial score (nSPS) is 11.3. The first-order valence-electron chi connectivity index (χ1n) is 6.33. The highest BCUT2D eigenvalue weighted by molar-refractivity contribution is 7.93. The van der Waals surface area contributed by atoms with Gasteiger partial charge < -0.3 is 0 Å². The van der Waals surface area contributed by atoms with Crippen molar-refractivity contribution in [2.45, 2.75) is 11.8 Å². The molecule has 3 aromatic rings. The molecule has 2 aromatic heterocycles. The molecule has 7 nitrogen and oxygen atoms in total. The molecule has 0 aliphatic carbocycles. The number of benzene rings is 1. The molecule has 1 aromatic carbocycles. The molecule has 0 fully saturated rings. The third-order valence-electron chi connectivity index (χ3n) is 3.22. The Bertz CT molecular complexity index is 996. The van der Waals surface area contributed by atoms with Crippen LogP contribution in [0.3, 0.4) is 0 Å². The lowest BCUT2D eigenvalue weighted by Crippen LogP contribution is -2.14. The van der Waals surface area contributed by atoms with E-state index in [-0.39, 0.29) is 16.3 Å². The van der Waals surface area contributed by atoms with Crippen molar-refractivity contribution in [2.24, 2.45) is 0 Å². The minimum absolute atomic E-state index is 0.00828. The monoisotopic (exact) mass is 313 g/mol. The Balaban J connectivity index is 2.11. The number of aromatic amines is 1. The molecular formula is C14H11N5O2S. The summed E-state index contributed by atoms with van der Waals surface area (Å²) in [7, 11) is -3.87. The summed E-state index contributed by atoms with van der Waals surface area (Å²) in [5.41, 5.74) is 0.674. The van der Waals surface area contributed by atoms with Crippen LogP contribution in [0.2, 0.25) is 0 Å². The quantitative estimate of drug-likeness (QED) is 0.767. The van der Waals surface area contributed by atoms with Gasteiger partial charge in [-0.2, -0.15) is 10.4 Å². The summed E-state index contributed by atoms with van der Waals surface area (Å²) < 4.78 is 27.6. The number of hydrogen-bond donors (Lipinski definition) is 2. The lowest BCUT2D eigenvalue weighted by molar-refractivity contribution is 0.602. The molecule has 0 radical (unpaired) electrons. The molecule has 0 aliphatic heterocycles. The van der Waals surface area contributed by atoms with Gasteiger partial charge in [0.2, 0.25) is 0 Å². The van der Waals surface area contributed by atoms with Crippen LogP contribution in [0.15, 0.2) is 41.6 Å². The van der Waals surface area contributed by atoms with Crippen LogP contribution in [0.25, 0.3) is 10.8 Å². The molecule has 110 valence electrons. The van der Waals surface area contributed by atoms with Crippen molar-refractivity contribution in [3.8, 4) is 6.07 Å². The predicted octanol–water partition coefficient (Wildman–Crippen LogP) is 1.94. The zero-order valence-corrected chi connectivity index (χ0v) is 12.3. The average Bonchev–Trinajstić information content (AvgIpc) is 2.85. The topological polar surface area (TPSA) is 112 Å². The fraction of sp³-hybridized carbons (Fsp3) is 0.0714. The first kappa shape index (κ1) is 14.0. The molecule has 0 saturated heterocycles. The van der Waals surface area contributed by atoms with Gasteiger partial charge in [-0.1, -0.05) is 12.1 Å². The van der Waals surface area contributed by atoms with Crippen LogP contribution in [0.5, 0.6) is 0 Å². The van der Waals surface area contributed by atoms with Gasteiger partial charge in [-0.25, -0.2) is 8.42 Å². The molecule has 0 aliphatic rings. The van der Waals surface area contributed by atoms with Crippen LogP contribution in [-0.4, -0.2) is 23.6 Å². The fourth-order valence-corrected chi connectivity index (χ4v) is 3.39. The van der Waals surface area contributed by atoms with Crippen molar-refractivity contribution in [1.82, 2.24) is 15.2 Å². The molecule has 0 saturated carbocycles. The van der Waals surface area contributed by atoms with E-state index in [1.54, 1.807) is 31.3 Å². The number of nitrogens with one attached hydrogen (secondary N) is 2. The number of pyridine rings is 1. The van der Waals surface area contributed by atoms with Gasteiger partial charge in [0.15, 0.2) is 5.82 Å². The lowest BCUT2D eigenvalue weighted by atomic mass is 10.2. The molecule has 0 atom stereocenters. The van der Waals surface area contributed by atoms with Gasteiger partial charge in [0.05, 0.1) is 10.6 Å². The van der Waals surface area contributed by atoms with E-state index in [9.17, 15) is 8.42 Å². The van der Waals surface area contributed by atoms with Gasteiger partial charge in [-0.05, 0) is 19.1 Å². The zero-order chi connectivity index (χ0) is 15.7. The Morgan fingerprint density at radius 1 is 1.32 bits per heavy atom. The van der Waals surface area contributed by atoms with Crippen molar-refractivity contribution >= 4 is 26.6 Å². The van der Waals surface area contributed by atoms with Crippen LogP contribution in [0, 0.1) is 18.3 Å². The fourth-order valence-electron chi connectivity index (χ4n) is 2.15. The van der Waals surface area contributed by atoms with Crippen molar-refractivity contribution < 1.29 is 8.42 Å². The minimum atomic E-state index is -3.87. The number of anilines is 1. The summed E-state index contributed by atoms with van der Waals surface area (Å²) in [5, 5.41) is 16.8. The van der Waals surface area contributed by atoms with E-state index in [0.717, 1.165) is 0 Å². The van der Waals surface area contributed by atoms with E-state index in [0.29, 0.717) is 16.5 Å². The highest BCUT2D eigenvalue weighted by Gasteiger charge is 2.21. The summed E-state index contributed by atoms with van der Waals surface area (Å²) in [6.07, 6.45) is 3.12. The highest BCUT2D eigenvalue weighted by atomic mass is 32.2. The second kappa shape index (κ2) is 5.13. The number of sulfonamides is 1. The summed E-state index contributed by atoms with van der Waals surface area (Å²) in [5.74, 6) is -0.00828. The zero-order valence-electron chi connectivity index (χ0n) is 11.5. The smallest absolute Gasteiger partial charge is 0.263 e. The Morgan fingerprint density at radius 2 is 2.14 bits per heavy atom. The van der Waals surface area contributed by atoms with Gasteiger partial charge in [0.1, 0.15) is 11.6 Å². The van der Waals surface area contributed by atoms with Crippen LogP contribution in [0.4, 0.5) is 5.82 Å². The van der Waals surface area contributed by atoms with Gasteiger partial charge >= 0.3 is 0 Å². The summed E-state index contributed by atoms with van der Waals surface area (Å²) in [4.78, 5) is 4.08. The number of H-pyrrole nitrogens is 1. The molecule has 8 heteroatoms. The molecular weight excluding hydrogens is 302 g/mol. The number of fused-ring (bicyclic) bond motifs is 1. The number of nitriles is 1. The number of hydrogen-bond acceptors (Lipinski definition) is 5. The third kappa shape index (κ3) is 2.27. The Morgan fingerprint density at radius 3 is 2.91 bits per heavy atom.